The van der Waals surface area contributed by atoms with Crippen LogP contribution in [-0.4, -0.2) is 50.6 Å². The van der Waals surface area contributed by atoms with Gasteiger partial charge in [0.25, 0.3) is 5.91 Å². The fraction of sp³-hybridized carbons (Fsp3) is 0.385. The number of carbonyl (C=O) groups is 4. The molecular formula is C26H30N2O7. The molecule has 1 aliphatic rings. The van der Waals surface area contributed by atoms with Crippen LogP contribution in [0.15, 0.2) is 48.5 Å². The van der Waals surface area contributed by atoms with Gasteiger partial charge in [-0.15, -0.1) is 0 Å². The highest BCUT2D eigenvalue weighted by Crippen LogP contribution is 2.26. The lowest BCUT2D eigenvalue weighted by molar-refractivity contribution is -0.151. The summed E-state index contributed by atoms with van der Waals surface area (Å²) in [5.74, 6) is -1.76. The van der Waals surface area contributed by atoms with Crippen LogP contribution in [0.2, 0.25) is 0 Å². The van der Waals surface area contributed by atoms with Gasteiger partial charge in [-0.25, -0.2) is 4.79 Å². The number of anilines is 2. The summed E-state index contributed by atoms with van der Waals surface area (Å²) >= 11 is 0. The zero-order valence-corrected chi connectivity index (χ0v) is 20.0. The van der Waals surface area contributed by atoms with Crippen molar-refractivity contribution < 1.29 is 33.4 Å². The lowest BCUT2D eigenvalue weighted by Crippen LogP contribution is -2.28. The van der Waals surface area contributed by atoms with Gasteiger partial charge < -0.3 is 24.4 Å². The first kappa shape index (κ1) is 25.7. The van der Waals surface area contributed by atoms with Crippen LogP contribution in [0.1, 0.15) is 43.0 Å². The Balaban J connectivity index is 1.47. The number of esters is 2. The van der Waals surface area contributed by atoms with Crippen LogP contribution < -0.4 is 15.0 Å². The van der Waals surface area contributed by atoms with E-state index >= 15 is 0 Å². The highest BCUT2D eigenvalue weighted by atomic mass is 16.5. The minimum absolute atomic E-state index is 0.0137. The Kier molecular flexibility index (Phi) is 9.23. The summed E-state index contributed by atoms with van der Waals surface area (Å²) in [5, 5.41) is 2.63. The first-order valence-corrected chi connectivity index (χ1v) is 11.6. The van der Waals surface area contributed by atoms with Crippen LogP contribution in [0.4, 0.5) is 11.4 Å². The first-order valence-electron chi connectivity index (χ1n) is 11.6. The maximum atomic E-state index is 12.5. The first-order chi connectivity index (χ1) is 16.9. The summed E-state index contributed by atoms with van der Waals surface area (Å²) in [6.45, 7) is 2.13. The number of hydrogen-bond donors (Lipinski definition) is 1. The Hall–Kier alpha value is -3.88. The van der Waals surface area contributed by atoms with Crippen molar-refractivity contribution in [2.24, 2.45) is 5.92 Å². The summed E-state index contributed by atoms with van der Waals surface area (Å²) in [6.07, 6.45) is 2.85. The molecule has 3 rings (SSSR count). The third kappa shape index (κ3) is 7.30. The Labute approximate surface area is 204 Å². The van der Waals surface area contributed by atoms with Crippen LogP contribution in [0.5, 0.6) is 5.75 Å². The SMILES string of the molecule is CCCCCOC(=O)c1ccc(N2C[C@H](C(=O)OCC(=O)Nc3ccc(OC)cc3)CC2=O)cc1. The number of methoxy groups -OCH3 is 1. The molecule has 0 spiro atoms. The molecule has 1 saturated heterocycles. The van der Waals surface area contributed by atoms with Crippen LogP contribution in [-0.2, 0) is 23.9 Å². The lowest BCUT2D eigenvalue weighted by atomic mass is 10.1. The van der Waals surface area contributed by atoms with E-state index in [1.807, 2.05) is 0 Å². The van der Waals surface area contributed by atoms with Gasteiger partial charge in [0.2, 0.25) is 5.91 Å². The normalized spacial score (nSPS) is 15.0. The van der Waals surface area contributed by atoms with Gasteiger partial charge in [0.05, 0.1) is 25.2 Å². The lowest BCUT2D eigenvalue weighted by Gasteiger charge is -2.17. The minimum Gasteiger partial charge on any atom is -0.497 e. The molecule has 0 aromatic heterocycles. The summed E-state index contributed by atoms with van der Waals surface area (Å²) < 4.78 is 15.4. The summed E-state index contributed by atoms with van der Waals surface area (Å²) in [6, 6.07) is 13.2. The van der Waals surface area contributed by atoms with Crippen molar-refractivity contribution in [2.45, 2.75) is 32.6 Å². The highest BCUT2D eigenvalue weighted by molar-refractivity contribution is 6.00. The van der Waals surface area contributed by atoms with Gasteiger partial charge in [0.15, 0.2) is 6.61 Å². The molecule has 2 aromatic rings. The minimum atomic E-state index is -0.681. The van der Waals surface area contributed by atoms with Crippen LogP contribution >= 0.6 is 0 Å². The number of amides is 2. The Bertz CT molecular complexity index is 1030. The zero-order valence-electron chi connectivity index (χ0n) is 20.0. The van der Waals surface area contributed by atoms with Crippen molar-refractivity contribution in [1.29, 1.82) is 0 Å². The summed E-state index contributed by atoms with van der Waals surface area (Å²) in [7, 11) is 1.54. The van der Waals surface area contributed by atoms with Crippen molar-refractivity contribution in [3.8, 4) is 5.75 Å². The molecule has 0 radical (unpaired) electrons. The van der Waals surface area contributed by atoms with Gasteiger partial charge in [0, 0.05) is 24.3 Å². The van der Waals surface area contributed by atoms with E-state index in [4.69, 9.17) is 14.2 Å². The number of ether oxygens (including phenoxy) is 3. The number of carbonyl (C=O) groups excluding carboxylic acids is 4. The smallest absolute Gasteiger partial charge is 0.338 e. The summed E-state index contributed by atoms with van der Waals surface area (Å²) in [5.41, 5.74) is 1.52. The molecule has 1 fully saturated rings. The van der Waals surface area contributed by atoms with Crippen molar-refractivity contribution in [3.63, 3.8) is 0 Å². The number of hydrogen-bond acceptors (Lipinski definition) is 7. The van der Waals surface area contributed by atoms with Crippen LogP contribution in [0.3, 0.4) is 0 Å². The van der Waals surface area contributed by atoms with E-state index in [0.717, 1.165) is 19.3 Å². The number of rotatable bonds is 11. The Morgan fingerprint density at radius 1 is 1.00 bits per heavy atom. The number of benzene rings is 2. The quantitative estimate of drug-likeness (QED) is 0.385. The van der Waals surface area contributed by atoms with Crippen LogP contribution in [0, 0.1) is 5.92 Å². The van der Waals surface area contributed by atoms with E-state index in [9.17, 15) is 19.2 Å². The monoisotopic (exact) mass is 482 g/mol. The molecule has 1 N–H and O–H groups in total. The van der Waals surface area contributed by atoms with E-state index in [1.54, 1.807) is 55.6 Å². The second-order valence-electron chi connectivity index (χ2n) is 8.18. The molecule has 0 aliphatic carbocycles. The third-order valence-electron chi connectivity index (χ3n) is 5.57. The molecule has 9 heteroatoms. The largest absolute Gasteiger partial charge is 0.497 e. The molecule has 2 aromatic carbocycles. The highest BCUT2D eigenvalue weighted by Gasteiger charge is 2.36. The molecule has 9 nitrogen and oxygen atoms in total. The molecular weight excluding hydrogens is 452 g/mol. The van der Waals surface area contributed by atoms with Crippen molar-refractivity contribution in [2.75, 3.05) is 37.1 Å². The Morgan fingerprint density at radius 3 is 2.37 bits per heavy atom. The standard InChI is InChI=1S/C26H30N2O7/c1-3-4-5-14-34-25(31)18-6-10-21(11-7-18)28-16-19(15-24(28)30)26(32)35-17-23(29)27-20-8-12-22(33-2)13-9-20/h6-13,19H,3-5,14-17H2,1-2H3,(H,27,29)/t19-/m1/s1. The molecule has 0 bridgehead atoms. The molecule has 1 aliphatic heterocycles. The fourth-order valence-electron chi connectivity index (χ4n) is 3.62. The predicted molar refractivity (Wildman–Crippen MR) is 129 cm³/mol. The van der Waals surface area contributed by atoms with E-state index in [1.165, 1.54) is 4.90 Å². The van der Waals surface area contributed by atoms with Crippen molar-refractivity contribution in [1.82, 2.24) is 0 Å². The summed E-state index contributed by atoms with van der Waals surface area (Å²) in [4.78, 5) is 50.6. The van der Waals surface area contributed by atoms with E-state index in [2.05, 4.69) is 12.2 Å². The van der Waals surface area contributed by atoms with Gasteiger partial charge in [-0.2, -0.15) is 0 Å². The van der Waals surface area contributed by atoms with Crippen molar-refractivity contribution >= 4 is 35.1 Å². The molecule has 0 unspecified atom stereocenters. The fourth-order valence-corrected chi connectivity index (χ4v) is 3.62. The van der Waals surface area contributed by atoms with Crippen molar-refractivity contribution in [3.05, 3.63) is 54.1 Å². The molecule has 35 heavy (non-hydrogen) atoms. The van der Waals surface area contributed by atoms with E-state index < -0.39 is 30.4 Å². The third-order valence-corrected chi connectivity index (χ3v) is 5.57. The average Bonchev–Trinajstić information content (AvgIpc) is 3.27. The predicted octanol–water partition coefficient (Wildman–Crippen LogP) is 3.58. The maximum Gasteiger partial charge on any atom is 0.338 e. The number of unbranched alkanes of at least 4 members (excludes halogenated alkanes) is 2. The average molecular weight is 483 g/mol. The van der Waals surface area contributed by atoms with E-state index in [-0.39, 0.29) is 18.9 Å². The molecule has 186 valence electrons. The molecule has 1 atom stereocenters. The second-order valence-corrected chi connectivity index (χ2v) is 8.18. The van der Waals surface area contributed by atoms with Gasteiger partial charge in [-0.05, 0) is 55.0 Å². The molecule has 1 heterocycles. The van der Waals surface area contributed by atoms with Gasteiger partial charge in [-0.3, -0.25) is 14.4 Å². The molecule has 0 saturated carbocycles. The van der Waals surface area contributed by atoms with Crippen LogP contribution in [0.25, 0.3) is 0 Å². The Morgan fingerprint density at radius 2 is 1.71 bits per heavy atom. The number of nitrogens with one attached hydrogen (secondary N) is 1. The van der Waals surface area contributed by atoms with Gasteiger partial charge in [-0.1, -0.05) is 19.8 Å². The molecule has 2 amide bonds. The van der Waals surface area contributed by atoms with Gasteiger partial charge in [0.1, 0.15) is 5.75 Å². The second kappa shape index (κ2) is 12.5. The topological polar surface area (TPSA) is 111 Å². The number of nitrogens with zero attached hydrogens (tertiary/aromatic N) is 1. The maximum absolute atomic E-state index is 12.5. The zero-order chi connectivity index (χ0) is 25.2. The van der Waals surface area contributed by atoms with E-state index in [0.29, 0.717) is 29.3 Å². The van der Waals surface area contributed by atoms with Gasteiger partial charge >= 0.3 is 11.9 Å².